The fourth-order valence-electron chi connectivity index (χ4n) is 14.8. The highest BCUT2D eigenvalue weighted by Gasteiger charge is 2.25. The van der Waals surface area contributed by atoms with Crippen molar-refractivity contribution in [1.29, 1.82) is 0 Å². The van der Waals surface area contributed by atoms with Crippen LogP contribution in [-0.4, -0.2) is 61.3 Å². The van der Waals surface area contributed by atoms with Gasteiger partial charge in [-0.1, -0.05) is 218 Å². The molecule has 2 aliphatic rings. The van der Waals surface area contributed by atoms with Gasteiger partial charge in [0.25, 0.3) is 0 Å². The highest BCUT2D eigenvalue weighted by Crippen LogP contribution is 2.43. The molecule has 12 aromatic carbocycles. The molecule has 12 heteroatoms. The van der Waals surface area contributed by atoms with Crippen molar-refractivity contribution in [3.63, 3.8) is 0 Å². The Hall–Kier alpha value is -12.0. The summed E-state index contributed by atoms with van der Waals surface area (Å²) in [6.07, 6.45) is 2.46. The van der Waals surface area contributed by atoms with Gasteiger partial charge in [-0.15, -0.1) is 0 Å². The van der Waals surface area contributed by atoms with Crippen molar-refractivity contribution in [2.75, 3.05) is 0 Å². The fraction of sp³-hybridized carbons (Fsp3) is 0.159. The molecule has 100 heavy (non-hydrogen) atoms. The van der Waals surface area contributed by atoms with Gasteiger partial charge >= 0.3 is 0 Å². The predicted octanol–water partition coefficient (Wildman–Crippen LogP) is 16.2. The molecule has 500 valence electrons. The Bertz CT molecular complexity index is 4600. The third-order valence-corrected chi connectivity index (χ3v) is 20.2. The van der Waals surface area contributed by atoms with Gasteiger partial charge in [0.2, 0.25) is 0 Å². The van der Waals surface area contributed by atoms with E-state index in [0.29, 0.717) is 146 Å². The van der Waals surface area contributed by atoms with Gasteiger partial charge in [-0.25, -0.2) is 0 Å². The molecule has 14 rings (SSSR count). The lowest BCUT2D eigenvalue weighted by molar-refractivity contribution is 0.449. The van der Waals surface area contributed by atoms with E-state index in [4.69, 9.17) is 0 Å². The van der Waals surface area contributed by atoms with Gasteiger partial charge in [0.1, 0.15) is 69.0 Å². The highest BCUT2D eigenvalue weighted by atomic mass is 16.3. The molecule has 0 saturated heterocycles. The van der Waals surface area contributed by atoms with Crippen LogP contribution in [0.25, 0.3) is 0 Å². The van der Waals surface area contributed by atoms with Crippen LogP contribution in [0.4, 0.5) is 0 Å². The fourth-order valence-corrected chi connectivity index (χ4v) is 14.8. The Balaban J connectivity index is 0.828. The number of benzene rings is 12. The Morgan fingerprint density at radius 1 is 0.180 bits per heavy atom. The van der Waals surface area contributed by atoms with E-state index < -0.39 is 0 Å². The van der Waals surface area contributed by atoms with E-state index in [2.05, 4.69) is 6.58 Å². The van der Waals surface area contributed by atoms with Gasteiger partial charge in [-0.2, -0.15) is 0 Å². The summed E-state index contributed by atoms with van der Waals surface area (Å²) >= 11 is 0. The molecule has 0 spiro atoms. The van der Waals surface area contributed by atoms with Crippen molar-refractivity contribution in [3.05, 3.63) is 363 Å². The molecule has 0 atom stereocenters. The molecule has 2 aliphatic carbocycles. The second-order valence-electron chi connectivity index (χ2n) is 27.0. The quantitative estimate of drug-likeness (QED) is 0.0737. The van der Waals surface area contributed by atoms with Crippen molar-refractivity contribution in [2.24, 2.45) is 0 Å². The minimum absolute atomic E-state index is 0.00260. The molecule has 0 radical (unpaired) electrons. The second kappa shape index (κ2) is 27.5. The first-order valence-electron chi connectivity index (χ1n) is 33.7. The monoisotopic (exact) mass is 1320 g/mol. The van der Waals surface area contributed by atoms with E-state index in [0.717, 1.165) is 16.7 Å². The maximum atomic E-state index is 12.5. The van der Waals surface area contributed by atoms with Gasteiger partial charge in [0.05, 0.1) is 0 Å². The zero-order valence-corrected chi connectivity index (χ0v) is 55.1. The first-order valence-corrected chi connectivity index (χ1v) is 33.7. The van der Waals surface area contributed by atoms with Crippen LogP contribution in [-0.2, 0) is 89.9 Å². The SMILES string of the molecule is C=C(Cc1cc2c(O)c(c1)Cc1cccc(c1O)Cc1cccc(c1O)Cc1cccc(c1O)Cc1cccc(c1O)Cc1cccc(c1O)C2)Cc1cc2c(O)c(c1)Cc1cccc(c1O)Cc1cccc(c1O)Cc1cccc(c1O)Cc1cccc(c1O)Cc1cccc(c1O)C2. The molecule has 0 aliphatic heterocycles. The molecule has 24 bridgehead atoms. The zero-order valence-electron chi connectivity index (χ0n) is 55.1. The number of aromatic hydroxyl groups is 12. The average molecular weight is 1330 g/mol. The van der Waals surface area contributed by atoms with Crippen LogP contribution >= 0.6 is 0 Å². The minimum atomic E-state index is -0.0275. The number of hydrogen-bond acceptors (Lipinski definition) is 12. The Morgan fingerprint density at radius 2 is 0.280 bits per heavy atom. The van der Waals surface area contributed by atoms with E-state index >= 15 is 0 Å². The van der Waals surface area contributed by atoms with Crippen LogP contribution in [0.15, 0.2) is 218 Å². The van der Waals surface area contributed by atoms with Crippen molar-refractivity contribution in [3.8, 4) is 69.0 Å². The third-order valence-electron chi connectivity index (χ3n) is 20.2. The Morgan fingerprint density at radius 3 is 0.400 bits per heavy atom. The second-order valence-corrected chi connectivity index (χ2v) is 27.0. The van der Waals surface area contributed by atoms with Gasteiger partial charge in [0.15, 0.2) is 0 Å². The van der Waals surface area contributed by atoms with E-state index in [1.165, 1.54) is 0 Å². The summed E-state index contributed by atoms with van der Waals surface area (Å²) in [5, 5.41) is 144. The van der Waals surface area contributed by atoms with Gasteiger partial charge < -0.3 is 61.3 Å². The maximum Gasteiger partial charge on any atom is 0.122 e. The summed E-state index contributed by atoms with van der Waals surface area (Å²) in [5.41, 5.74) is 15.5. The lowest BCUT2D eigenvalue weighted by Gasteiger charge is -2.19. The average Bonchev–Trinajstić information content (AvgIpc) is 0.665. The standard InChI is InChI=1S/C88H76O12/c1-50(32-51-34-73-46-69-28-8-24-65(83(69)95)42-61-20-4-16-57(79(61)91)38-53-12-2-13-54(77(53)89)39-58-17-5-21-62(80(58)92)43-66-25-9-29-70(84(66)96)47-74(35-51)87(73)99)33-52-36-75-48-71-30-10-26-67(85(71)97)44-63-22-6-18-59(81(63)93)40-55-14-3-15-56(78(55)90)41-60-19-7-23-64(82(60)94)45-68-27-11-31-72(86(68)98)49-76(37-52)88(75)100/h2-31,34-37,89-100H,1,32-33,38-49H2. The molecule has 0 heterocycles. The normalized spacial score (nSPS) is 13.1. The summed E-state index contributed by atoms with van der Waals surface area (Å²) < 4.78 is 0. The summed E-state index contributed by atoms with van der Waals surface area (Å²) in [6, 6.07) is 62.0. The van der Waals surface area contributed by atoms with Crippen LogP contribution in [0.1, 0.15) is 145 Å². The smallest absolute Gasteiger partial charge is 0.122 e. The van der Waals surface area contributed by atoms with Gasteiger partial charge in [0, 0.05) is 77.0 Å². The van der Waals surface area contributed by atoms with Crippen molar-refractivity contribution < 1.29 is 61.3 Å². The van der Waals surface area contributed by atoms with E-state index in [1.807, 2.05) is 84.9 Å². The van der Waals surface area contributed by atoms with Crippen molar-refractivity contribution in [1.82, 2.24) is 0 Å². The summed E-state index contributed by atoms with van der Waals surface area (Å²) in [4.78, 5) is 0. The van der Waals surface area contributed by atoms with E-state index in [1.54, 1.807) is 121 Å². The molecule has 0 amide bonds. The lowest BCUT2D eigenvalue weighted by Crippen LogP contribution is -2.03. The summed E-state index contributed by atoms with van der Waals surface area (Å²) in [6.45, 7) is 4.63. The number of phenolic OH excluding ortho intramolecular Hbond substituents is 12. The van der Waals surface area contributed by atoms with Crippen LogP contribution in [0.2, 0.25) is 0 Å². The number of fused-ring (bicyclic) bond motifs is 24. The van der Waals surface area contributed by atoms with Crippen molar-refractivity contribution >= 4 is 0 Å². The predicted molar refractivity (Wildman–Crippen MR) is 388 cm³/mol. The van der Waals surface area contributed by atoms with Crippen LogP contribution in [0.3, 0.4) is 0 Å². The highest BCUT2D eigenvalue weighted by molar-refractivity contribution is 5.61. The number of rotatable bonds is 4. The van der Waals surface area contributed by atoms with E-state index in [-0.39, 0.29) is 146 Å². The molecular formula is C88H76O12. The lowest BCUT2D eigenvalue weighted by atomic mass is 9.88. The Labute approximate surface area is 580 Å². The molecule has 0 aromatic heterocycles. The number of phenols is 12. The molecule has 0 unspecified atom stereocenters. The molecule has 0 saturated carbocycles. The molecule has 12 aromatic rings. The van der Waals surface area contributed by atoms with Gasteiger partial charge in [-0.3, -0.25) is 0 Å². The minimum Gasteiger partial charge on any atom is -0.507 e. The van der Waals surface area contributed by atoms with Crippen molar-refractivity contribution in [2.45, 2.75) is 89.9 Å². The zero-order chi connectivity index (χ0) is 69.5. The number of para-hydroxylation sites is 10. The largest absolute Gasteiger partial charge is 0.507 e. The molecule has 0 fully saturated rings. The van der Waals surface area contributed by atoms with Crippen LogP contribution in [0.5, 0.6) is 69.0 Å². The number of hydrogen-bond donors (Lipinski definition) is 12. The van der Waals surface area contributed by atoms with Crippen LogP contribution < -0.4 is 0 Å². The molecule has 12 N–H and O–H groups in total. The topological polar surface area (TPSA) is 243 Å². The number of allylic oxidation sites excluding steroid dienone is 1. The summed E-state index contributed by atoms with van der Waals surface area (Å²) in [7, 11) is 0. The Kier molecular flexibility index (Phi) is 17.9. The first-order chi connectivity index (χ1) is 48.4. The van der Waals surface area contributed by atoms with Gasteiger partial charge in [-0.05, 0) is 157 Å². The summed E-state index contributed by atoms with van der Waals surface area (Å²) in [5.74, 6) is 0.170. The van der Waals surface area contributed by atoms with Crippen LogP contribution in [0, 0.1) is 0 Å². The molecule has 12 nitrogen and oxygen atoms in total. The first kappa shape index (κ1) is 65.3. The molecular weight excluding hydrogens is 1250 g/mol. The van der Waals surface area contributed by atoms with E-state index in [9.17, 15) is 61.3 Å². The maximum absolute atomic E-state index is 12.5. The third kappa shape index (κ3) is 13.3.